The zero-order chi connectivity index (χ0) is 11.3. The number of anilines is 1. The molecule has 1 atom stereocenters. The minimum atomic E-state index is -0.712. The second-order valence-electron chi connectivity index (χ2n) is 3.59. The standard InChI is InChI=1S/C11H18N2O2/c1-13(7-11(15)8-14)10-4-2-3-9(5-10)6-12/h2-5,11,14-15H,6-8,12H2,1H3. The lowest BCUT2D eigenvalue weighted by molar-refractivity contribution is 0.101. The molecule has 4 N–H and O–H groups in total. The van der Waals surface area contributed by atoms with Crippen LogP contribution in [0.3, 0.4) is 0 Å². The number of likely N-dealkylation sites (N-methyl/N-ethyl adjacent to an activating group) is 1. The van der Waals surface area contributed by atoms with Crippen LogP contribution in [-0.2, 0) is 6.54 Å². The number of nitrogens with two attached hydrogens (primary N) is 1. The van der Waals surface area contributed by atoms with Crippen molar-refractivity contribution in [2.75, 3.05) is 25.1 Å². The van der Waals surface area contributed by atoms with Crippen molar-refractivity contribution in [3.8, 4) is 0 Å². The van der Waals surface area contributed by atoms with E-state index < -0.39 is 6.10 Å². The van der Waals surface area contributed by atoms with Gasteiger partial charge < -0.3 is 20.8 Å². The topological polar surface area (TPSA) is 69.7 Å². The number of hydrogen-bond donors (Lipinski definition) is 3. The lowest BCUT2D eigenvalue weighted by Gasteiger charge is -2.22. The van der Waals surface area contributed by atoms with E-state index in [1.54, 1.807) is 0 Å². The van der Waals surface area contributed by atoms with Crippen LogP contribution in [0, 0.1) is 0 Å². The third-order valence-electron chi connectivity index (χ3n) is 2.28. The third-order valence-corrected chi connectivity index (χ3v) is 2.28. The van der Waals surface area contributed by atoms with Crippen LogP contribution in [0.15, 0.2) is 24.3 Å². The van der Waals surface area contributed by atoms with E-state index in [-0.39, 0.29) is 6.61 Å². The molecular formula is C11H18N2O2. The molecule has 0 aliphatic carbocycles. The van der Waals surface area contributed by atoms with Gasteiger partial charge in [-0.25, -0.2) is 0 Å². The Labute approximate surface area is 89.9 Å². The number of aliphatic hydroxyl groups excluding tert-OH is 2. The maximum Gasteiger partial charge on any atom is 0.0945 e. The first-order chi connectivity index (χ1) is 7.17. The summed E-state index contributed by atoms with van der Waals surface area (Å²) in [5.74, 6) is 0. The van der Waals surface area contributed by atoms with Gasteiger partial charge in [0.05, 0.1) is 12.7 Å². The number of nitrogens with zero attached hydrogens (tertiary/aromatic N) is 1. The molecule has 0 radical (unpaired) electrons. The number of aliphatic hydroxyl groups is 2. The van der Waals surface area contributed by atoms with Crippen LogP contribution in [0.2, 0.25) is 0 Å². The average molecular weight is 210 g/mol. The molecule has 0 spiro atoms. The summed E-state index contributed by atoms with van der Waals surface area (Å²) in [5.41, 5.74) is 7.58. The van der Waals surface area contributed by atoms with Gasteiger partial charge in [0.2, 0.25) is 0 Å². The molecule has 0 saturated carbocycles. The van der Waals surface area contributed by atoms with Crippen molar-refractivity contribution >= 4 is 5.69 Å². The van der Waals surface area contributed by atoms with Gasteiger partial charge in [-0.05, 0) is 17.7 Å². The highest BCUT2D eigenvalue weighted by atomic mass is 16.3. The summed E-state index contributed by atoms with van der Waals surface area (Å²) in [5, 5.41) is 18.0. The SMILES string of the molecule is CN(CC(O)CO)c1cccc(CN)c1. The molecule has 0 aliphatic heterocycles. The van der Waals surface area contributed by atoms with Crippen LogP contribution in [-0.4, -0.2) is 36.5 Å². The van der Waals surface area contributed by atoms with Crippen molar-refractivity contribution in [2.45, 2.75) is 12.6 Å². The Kier molecular flexibility index (Phi) is 4.55. The number of benzene rings is 1. The molecule has 1 aromatic rings. The Morgan fingerprint density at radius 1 is 1.47 bits per heavy atom. The van der Waals surface area contributed by atoms with Crippen molar-refractivity contribution in [2.24, 2.45) is 5.73 Å². The molecule has 0 heterocycles. The van der Waals surface area contributed by atoms with E-state index in [9.17, 15) is 5.11 Å². The zero-order valence-electron chi connectivity index (χ0n) is 8.93. The molecule has 1 unspecified atom stereocenters. The average Bonchev–Trinajstić information content (AvgIpc) is 2.28. The molecule has 0 amide bonds. The van der Waals surface area contributed by atoms with Gasteiger partial charge >= 0.3 is 0 Å². The first-order valence-corrected chi connectivity index (χ1v) is 4.96. The van der Waals surface area contributed by atoms with Gasteiger partial charge in [0.15, 0.2) is 0 Å². The molecule has 4 heteroatoms. The van der Waals surface area contributed by atoms with Crippen LogP contribution < -0.4 is 10.6 Å². The summed E-state index contributed by atoms with van der Waals surface area (Å²) in [6.45, 7) is 0.690. The van der Waals surface area contributed by atoms with E-state index in [2.05, 4.69) is 0 Å². The van der Waals surface area contributed by atoms with Gasteiger partial charge in [-0.1, -0.05) is 12.1 Å². The number of hydrogen-bond acceptors (Lipinski definition) is 4. The normalized spacial score (nSPS) is 12.5. The second kappa shape index (κ2) is 5.70. The lowest BCUT2D eigenvalue weighted by Crippen LogP contribution is -2.31. The van der Waals surface area contributed by atoms with Gasteiger partial charge in [-0.2, -0.15) is 0 Å². The van der Waals surface area contributed by atoms with Crippen molar-refractivity contribution in [1.82, 2.24) is 0 Å². The van der Waals surface area contributed by atoms with Crippen molar-refractivity contribution in [3.63, 3.8) is 0 Å². The minimum Gasteiger partial charge on any atom is -0.394 e. The van der Waals surface area contributed by atoms with Crippen LogP contribution in [0.25, 0.3) is 0 Å². The number of rotatable bonds is 5. The second-order valence-corrected chi connectivity index (χ2v) is 3.59. The van der Waals surface area contributed by atoms with E-state index in [1.165, 1.54) is 0 Å². The minimum absolute atomic E-state index is 0.221. The summed E-state index contributed by atoms with van der Waals surface area (Å²) in [6, 6.07) is 7.81. The summed E-state index contributed by atoms with van der Waals surface area (Å²) >= 11 is 0. The Morgan fingerprint density at radius 2 is 2.20 bits per heavy atom. The third kappa shape index (κ3) is 3.51. The van der Waals surface area contributed by atoms with E-state index >= 15 is 0 Å². The lowest BCUT2D eigenvalue weighted by atomic mass is 10.2. The van der Waals surface area contributed by atoms with E-state index in [4.69, 9.17) is 10.8 Å². The van der Waals surface area contributed by atoms with Crippen molar-refractivity contribution in [3.05, 3.63) is 29.8 Å². The molecule has 0 saturated heterocycles. The van der Waals surface area contributed by atoms with Gasteiger partial charge in [0.1, 0.15) is 0 Å². The fourth-order valence-electron chi connectivity index (χ4n) is 1.40. The Morgan fingerprint density at radius 3 is 2.80 bits per heavy atom. The first kappa shape index (κ1) is 12.0. The van der Waals surface area contributed by atoms with Crippen LogP contribution in [0.4, 0.5) is 5.69 Å². The highest BCUT2D eigenvalue weighted by molar-refractivity contribution is 5.47. The maximum atomic E-state index is 9.30. The molecule has 84 valence electrons. The van der Waals surface area contributed by atoms with E-state index in [0.717, 1.165) is 11.3 Å². The Balaban J connectivity index is 2.68. The summed E-state index contributed by atoms with van der Waals surface area (Å²) in [4.78, 5) is 1.89. The van der Waals surface area contributed by atoms with Gasteiger partial charge in [0.25, 0.3) is 0 Å². The predicted octanol–water partition coefficient (Wildman–Crippen LogP) is -0.0653. The van der Waals surface area contributed by atoms with E-state index in [1.807, 2.05) is 36.2 Å². The zero-order valence-corrected chi connectivity index (χ0v) is 8.93. The molecule has 1 rings (SSSR count). The molecule has 15 heavy (non-hydrogen) atoms. The summed E-state index contributed by atoms with van der Waals surface area (Å²) in [6.07, 6.45) is -0.712. The largest absolute Gasteiger partial charge is 0.394 e. The molecular weight excluding hydrogens is 192 g/mol. The highest BCUT2D eigenvalue weighted by Crippen LogP contribution is 2.14. The first-order valence-electron chi connectivity index (χ1n) is 4.96. The van der Waals surface area contributed by atoms with Gasteiger partial charge in [0, 0.05) is 25.8 Å². The monoisotopic (exact) mass is 210 g/mol. The Hall–Kier alpha value is -1.10. The quantitative estimate of drug-likeness (QED) is 0.636. The van der Waals surface area contributed by atoms with Crippen molar-refractivity contribution in [1.29, 1.82) is 0 Å². The Bertz CT molecular complexity index is 304. The fourth-order valence-corrected chi connectivity index (χ4v) is 1.40. The molecule has 0 aromatic heterocycles. The molecule has 4 nitrogen and oxygen atoms in total. The maximum absolute atomic E-state index is 9.30. The predicted molar refractivity (Wildman–Crippen MR) is 60.7 cm³/mol. The molecule has 0 aliphatic rings. The highest BCUT2D eigenvalue weighted by Gasteiger charge is 2.07. The summed E-state index contributed by atoms with van der Waals surface area (Å²) in [7, 11) is 1.87. The fraction of sp³-hybridized carbons (Fsp3) is 0.455. The van der Waals surface area contributed by atoms with Crippen LogP contribution >= 0.6 is 0 Å². The van der Waals surface area contributed by atoms with Gasteiger partial charge in [-0.15, -0.1) is 0 Å². The van der Waals surface area contributed by atoms with Crippen LogP contribution in [0.1, 0.15) is 5.56 Å². The smallest absolute Gasteiger partial charge is 0.0945 e. The van der Waals surface area contributed by atoms with Crippen LogP contribution in [0.5, 0.6) is 0 Å². The van der Waals surface area contributed by atoms with Gasteiger partial charge in [-0.3, -0.25) is 0 Å². The molecule has 1 aromatic carbocycles. The molecule has 0 fully saturated rings. The molecule has 0 bridgehead atoms. The van der Waals surface area contributed by atoms with Crippen molar-refractivity contribution < 1.29 is 10.2 Å². The summed E-state index contributed by atoms with van der Waals surface area (Å²) < 4.78 is 0. The van der Waals surface area contributed by atoms with E-state index in [0.29, 0.717) is 13.1 Å².